The van der Waals surface area contributed by atoms with Gasteiger partial charge in [-0.15, -0.1) is 0 Å². The molecule has 1 heterocycles. The fraction of sp³-hybridized carbons (Fsp3) is 0.409. The van der Waals surface area contributed by atoms with Crippen LogP contribution in [0.3, 0.4) is 0 Å². The molecular weight excluding hydrogens is 324 g/mol. The van der Waals surface area contributed by atoms with Gasteiger partial charge in [0.2, 0.25) is 5.91 Å². The molecule has 1 unspecified atom stereocenters. The van der Waals surface area contributed by atoms with E-state index in [4.69, 9.17) is 4.74 Å². The van der Waals surface area contributed by atoms with Crippen LogP contribution in [-0.4, -0.2) is 37.6 Å². The van der Waals surface area contributed by atoms with Crippen molar-refractivity contribution in [1.29, 1.82) is 0 Å². The van der Waals surface area contributed by atoms with E-state index in [1.807, 2.05) is 29.2 Å². The summed E-state index contributed by atoms with van der Waals surface area (Å²) in [5, 5.41) is 3.42. The highest BCUT2D eigenvalue weighted by Crippen LogP contribution is 2.25. The monoisotopic (exact) mass is 352 g/mol. The van der Waals surface area contributed by atoms with Gasteiger partial charge in [0.25, 0.3) is 0 Å². The van der Waals surface area contributed by atoms with Crippen LogP contribution in [0.1, 0.15) is 36.1 Å². The Hall–Kier alpha value is -2.33. The quantitative estimate of drug-likeness (QED) is 0.867. The van der Waals surface area contributed by atoms with E-state index in [9.17, 15) is 4.79 Å². The van der Waals surface area contributed by atoms with Crippen LogP contribution >= 0.6 is 0 Å². The van der Waals surface area contributed by atoms with Gasteiger partial charge in [-0.1, -0.05) is 49.4 Å². The molecule has 1 N–H and O–H groups in total. The number of carbonyl (C=O) groups excluding carboxylic acids is 1. The summed E-state index contributed by atoms with van der Waals surface area (Å²) in [5.41, 5.74) is 3.62. The van der Waals surface area contributed by atoms with Crippen LogP contribution in [0.2, 0.25) is 0 Å². The number of aryl methyl sites for hydroxylation is 2. The number of para-hydroxylation sites is 1. The Morgan fingerprint density at radius 3 is 2.69 bits per heavy atom. The van der Waals surface area contributed by atoms with Crippen molar-refractivity contribution >= 4 is 5.91 Å². The van der Waals surface area contributed by atoms with E-state index in [-0.39, 0.29) is 11.9 Å². The van der Waals surface area contributed by atoms with Crippen molar-refractivity contribution in [2.45, 2.75) is 32.2 Å². The molecule has 1 fully saturated rings. The van der Waals surface area contributed by atoms with Gasteiger partial charge >= 0.3 is 0 Å². The number of methoxy groups -OCH3 is 1. The number of hydrogen-bond acceptors (Lipinski definition) is 3. The first kappa shape index (κ1) is 18.5. The molecule has 1 saturated heterocycles. The number of ether oxygens (including phenoxy) is 1. The molecule has 2 aromatic carbocycles. The SMILES string of the molecule is CCc1ccc(C2CNCCN2C(=O)CCc2ccccc2OC)cc1. The lowest BCUT2D eigenvalue weighted by atomic mass is 10.00. The Labute approximate surface area is 156 Å². The summed E-state index contributed by atoms with van der Waals surface area (Å²) in [7, 11) is 1.67. The second-order valence-corrected chi connectivity index (χ2v) is 6.71. The summed E-state index contributed by atoms with van der Waals surface area (Å²) < 4.78 is 5.40. The number of amides is 1. The second-order valence-electron chi connectivity index (χ2n) is 6.71. The number of hydrogen-bond donors (Lipinski definition) is 1. The van der Waals surface area contributed by atoms with Gasteiger partial charge < -0.3 is 15.0 Å². The number of rotatable bonds is 6. The Kier molecular flexibility index (Phi) is 6.29. The molecule has 0 aliphatic carbocycles. The highest BCUT2D eigenvalue weighted by molar-refractivity contribution is 5.77. The molecule has 1 aliphatic rings. The van der Waals surface area contributed by atoms with Crippen LogP contribution in [-0.2, 0) is 17.6 Å². The summed E-state index contributed by atoms with van der Waals surface area (Å²) >= 11 is 0. The average molecular weight is 352 g/mol. The number of benzene rings is 2. The fourth-order valence-corrected chi connectivity index (χ4v) is 3.57. The Balaban J connectivity index is 1.69. The molecule has 0 radical (unpaired) electrons. The van der Waals surface area contributed by atoms with Gasteiger partial charge in [0, 0.05) is 26.1 Å². The third-order valence-corrected chi connectivity index (χ3v) is 5.14. The zero-order valence-corrected chi connectivity index (χ0v) is 15.7. The molecule has 1 amide bonds. The highest BCUT2D eigenvalue weighted by Gasteiger charge is 2.27. The van der Waals surface area contributed by atoms with Crippen LogP contribution < -0.4 is 10.1 Å². The van der Waals surface area contributed by atoms with Crippen LogP contribution in [0.4, 0.5) is 0 Å². The molecule has 0 bridgehead atoms. The average Bonchev–Trinajstić information content (AvgIpc) is 2.72. The summed E-state index contributed by atoms with van der Waals surface area (Å²) in [6, 6.07) is 16.7. The van der Waals surface area contributed by atoms with Crippen LogP contribution in [0, 0.1) is 0 Å². The maximum atomic E-state index is 12.9. The highest BCUT2D eigenvalue weighted by atomic mass is 16.5. The van der Waals surface area contributed by atoms with Crippen molar-refractivity contribution in [3.05, 3.63) is 65.2 Å². The molecular formula is C22H28N2O2. The number of piperazine rings is 1. The second kappa shape index (κ2) is 8.86. The maximum absolute atomic E-state index is 12.9. The summed E-state index contributed by atoms with van der Waals surface area (Å²) in [6.07, 6.45) is 2.24. The molecule has 0 saturated carbocycles. The summed E-state index contributed by atoms with van der Waals surface area (Å²) in [6.45, 7) is 4.58. The van der Waals surface area contributed by atoms with Crippen molar-refractivity contribution in [3.8, 4) is 5.75 Å². The van der Waals surface area contributed by atoms with Crippen molar-refractivity contribution in [2.75, 3.05) is 26.7 Å². The Morgan fingerprint density at radius 1 is 1.19 bits per heavy atom. The van der Waals surface area contributed by atoms with E-state index in [1.165, 1.54) is 11.1 Å². The molecule has 4 nitrogen and oxygen atoms in total. The molecule has 138 valence electrons. The predicted octanol–water partition coefficient (Wildman–Crippen LogP) is 3.36. The third-order valence-electron chi connectivity index (χ3n) is 5.14. The van der Waals surface area contributed by atoms with Gasteiger partial charge in [0.05, 0.1) is 13.2 Å². The Morgan fingerprint density at radius 2 is 1.96 bits per heavy atom. The van der Waals surface area contributed by atoms with Crippen LogP contribution in [0.15, 0.2) is 48.5 Å². The number of nitrogens with zero attached hydrogens (tertiary/aromatic N) is 1. The normalized spacial score (nSPS) is 17.2. The van der Waals surface area contributed by atoms with Gasteiger partial charge in [0.15, 0.2) is 0 Å². The lowest BCUT2D eigenvalue weighted by molar-refractivity contribution is -0.134. The standard InChI is InChI=1S/C22H28N2O2/c1-3-17-8-10-18(11-9-17)20-16-23-14-15-24(20)22(25)13-12-19-6-4-5-7-21(19)26-2/h4-11,20,23H,3,12-16H2,1-2H3. The van der Waals surface area contributed by atoms with Gasteiger partial charge in [-0.3, -0.25) is 4.79 Å². The molecule has 3 rings (SSSR count). The smallest absolute Gasteiger partial charge is 0.223 e. The number of nitrogens with one attached hydrogen (secondary N) is 1. The summed E-state index contributed by atoms with van der Waals surface area (Å²) in [5.74, 6) is 1.06. The first-order chi connectivity index (χ1) is 12.7. The van der Waals surface area contributed by atoms with E-state index in [0.717, 1.165) is 37.4 Å². The van der Waals surface area contributed by atoms with E-state index in [1.54, 1.807) is 7.11 Å². The van der Waals surface area contributed by atoms with E-state index < -0.39 is 0 Å². The third kappa shape index (κ3) is 4.25. The van der Waals surface area contributed by atoms with Crippen molar-refractivity contribution < 1.29 is 9.53 Å². The summed E-state index contributed by atoms with van der Waals surface area (Å²) in [4.78, 5) is 15.0. The molecule has 4 heteroatoms. The first-order valence-corrected chi connectivity index (χ1v) is 9.44. The zero-order chi connectivity index (χ0) is 18.4. The molecule has 0 spiro atoms. The minimum Gasteiger partial charge on any atom is -0.496 e. The van der Waals surface area contributed by atoms with E-state index in [2.05, 4.69) is 36.5 Å². The molecule has 1 atom stereocenters. The minimum absolute atomic E-state index is 0.111. The fourth-order valence-electron chi connectivity index (χ4n) is 3.57. The van der Waals surface area contributed by atoms with Crippen molar-refractivity contribution in [1.82, 2.24) is 10.2 Å². The van der Waals surface area contributed by atoms with Crippen molar-refractivity contribution in [3.63, 3.8) is 0 Å². The van der Waals surface area contributed by atoms with Crippen LogP contribution in [0.25, 0.3) is 0 Å². The minimum atomic E-state index is 0.111. The zero-order valence-electron chi connectivity index (χ0n) is 15.7. The van der Waals surface area contributed by atoms with Gasteiger partial charge in [0.1, 0.15) is 5.75 Å². The lowest BCUT2D eigenvalue weighted by Crippen LogP contribution is -2.48. The largest absolute Gasteiger partial charge is 0.496 e. The van der Waals surface area contributed by atoms with Gasteiger partial charge in [-0.2, -0.15) is 0 Å². The first-order valence-electron chi connectivity index (χ1n) is 9.44. The topological polar surface area (TPSA) is 41.6 Å². The lowest BCUT2D eigenvalue weighted by Gasteiger charge is -2.37. The molecule has 0 aromatic heterocycles. The molecule has 26 heavy (non-hydrogen) atoms. The molecule has 2 aromatic rings. The maximum Gasteiger partial charge on any atom is 0.223 e. The van der Waals surface area contributed by atoms with E-state index in [0.29, 0.717) is 12.8 Å². The Bertz CT molecular complexity index is 727. The van der Waals surface area contributed by atoms with Crippen molar-refractivity contribution in [2.24, 2.45) is 0 Å². The van der Waals surface area contributed by atoms with E-state index >= 15 is 0 Å². The van der Waals surface area contributed by atoms with Gasteiger partial charge in [-0.25, -0.2) is 0 Å². The predicted molar refractivity (Wildman–Crippen MR) is 104 cm³/mol. The van der Waals surface area contributed by atoms with Gasteiger partial charge in [-0.05, 0) is 35.6 Å². The van der Waals surface area contributed by atoms with Crippen LogP contribution in [0.5, 0.6) is 5.75 Å². The molecule has 1 aliphatic heterocycles. The number of carbonyl (C=O) groups is 1.